The quantitative estimate of drug-likeness (QED) is 0.815. The van der Waals surface area contributed by atoms with Crippen molar-refractivity contribution in [1.29, 1.82) is 0 Å². The van der Waals surface area contributed by atoms with E-state index < -0.39 is 5.82 Å². The van der Waals surface area contributed by atoms with Gasteiger partial charge in [-0.25, -0.2) is 4.39 Å². The Labute approximate surface area is 126 Å². The molecule has 0 aliphatic carbocycles. The number of hydrogen-bond donors (Lipinski definition) is 0. The van der Waals surface area contributed by atoms with Crippen molar-refractivity contribution >= 4 is 11.6 Å². The van der Waals surface area contributed by atoms with E-state index in [4.69, 9.17) is 9.47 Å². The van der Waals surface area contributed by atoms with Gasteiger partial charge in [-0.05, 0) is 48.9 Å². The van der Waals surface area contributed by atoms with Crippen LogP contribution in [0.25, 0.3) is 0 Å². The number of ketones is 2. The first-order chi connectivity index (χ1) is 10.5. The number of carbonyl (C=O) groups is 2. The lowest BCUT2D eigenvalue weighted by molar-refractivity contribution is -0.116. The molecule has 0 spiro atoms. The third kappa shape index (κ3) is 2.70. The van der Waals surface area contributed by atoms with E-state index in [9.17, 15) is 14.0 Å². The van der Waals surface area contributed by atoms with Gasteiger partial charge >= 0.3 is 0 Å². The molecule has 4 nitrogen and oxygen atoms in total. The molecule has 0 unspecified atom stereocenters. The van der Waals surface area contributed by atoms with E-state index in [2.05, 4.69) is 0 Å². The van der Waals surface area contributed by atoms with E-state index in [-0.39, 0.29) is 24.8 Å². The van der Waals surface area contributed by atoms with Gasteiger partial charge in [-0.2, -0.15) is 0 Å². The maximum atomic E-state index is 13.0. The maximum absolute atomic E-state index is 13.0. The Morgan fingerprint density at radius 1 is 1.09 bits per heavy atom. The second-order valence-corrected chi connectivity index (χ2v) is 5.08. The van der Waals surface area contributed by atoms with E-state index >= 15 is 0 Å². The molecular weight excluding hydrogens is 287 g/mol. The van der Waals surface area contributed by atoms with E-state index in [1.54, 1.807) is 12.1 Å². The topological polar surface area (TPSA) is 52.6 Å². The van der Waals surface area contributed by atoms with Gasteiger partial charge in [0.15, 0.2) is 17.3 Å². The summed E-state index contributed by atoms with van der Waals surface area (Å²) >= 11 is 0. The standard InChI is InChI=1S/C17H13FO4/c1-10(19)6-12-7-15-16(22-9-21-15)8-14(12)17(20)11-2-4-13(18)5-3-11/h2-5,7-8H,6,9H2,1H3. The lowest BCUT2D eigenvalue weighted by Gasteiger charge is -2.09. The Balaban J connectivity index is 2.06. The highest BCUT2D eigenvalue weighted by Crippen LogP contribution is 2.35. The van der Waals surface area contributed by atoms with Crippen LogP contribution in [0, 0.1) is 5.82 Å². The van der Waals surface area contributed by atoms with Gasteiger partial charge in [0.2, 0.25) is 6.79 Å². The highest BCUT2D eigenvalue weighted by atomic mass is 19.1. The lowest BCUT2D eigenvalue weighted by Crippen LogP contribution is -2.08. The van der Waals surface area contributed by atoms with Crippen molar-refractivity contribution < 1.29 is 23.5 Å². The van der Waals surface area contributed by atoms with E-state index in [1.165, 1.54) is 31.2 Å². The molecule has 2 aromatic carbocycles. The molecule has 0 fully saturated rings. The molecule has 1 aliphatic rings. The molecule has 0 radical (unpaired) electrons. The predicted molar refractivity (Wildman–Crippen MR) is 76.8 cm³/mol. The molecule has 0 saturated carbocycles. The van der Waals surface area contributed by atoms with Crippen LogP contribution in [0.4, 0.5) is 4.39 Å². The van der Waals surface area contributed by atoms with Crippen molar-refractivity contribution in [3.05, 3.63) is 58.9 Å². The summed E-state index contributed by atoms with van der Waals surface area (Å²) < 4.78 is 23.6. The minimum atomic E-state index is -0.411. The minimum absolute atomic E-state index is 0.0629. The van der Waals surface area contributed by atoms with Gasteiger partial charge in [0.05, 0.1) is 0 Å². The number of halogens is 1. The largest absolute Gasteiger partial charge is 0.454 e. The third-order valence-corrected chi connectivity index (χ3v) is 3.39. The maximum Gasteiger partial charge on any atom is 0.231 e. The van der Waals surface area contributed by atoms with Crippen molar-refractivity contribution in [1.82, 2.24) is 0 Å². The zero-order valence-corrected chi connectivity index (χ0v) is 11.9. The summed E-state index contributed by atoms with van der Waals surface area (Å²) in [4.78, 5) is 24.1. The Morgan fingerprint density at radius 2 is 1.73 bits per heavy atom. The van der Waals surface area contributed by atoms with Crippen LogP contribution in [0.1, 0.15) is 28.4 Å². The molecule has 0 N–H and O–H groups in total. The highest BCUT2D eigenvalue weighted by molar-refractivity contribution is 6.10. The van der Waals surface area contributed by atoms with Crippen LogP contribution >= 0.6 is 0 Å². The summed E-state index contributed by atoms with van der Waals surface area (Å²) in [6.07, 6.45) is 0.124. The van der Waals surface area contributed by atoms with Crippen LogP contribution in [0.2, 0.25) is 0 Å². The van der Waals surface area contributed by atoms with Crippen molar-refractivity contribution in [2.45, 2.75) is 13.3 Å². The Kier molecular flexibility index (Phi) is 3.63. The van der Waals surface area contributed by atoms with Crippen molar-refractivity contribution in [3.63, 3.8) is 0 Å². The molecule has 0 bridgehead atoms. The van der Waals surface area contributed by atoms with Crippen molar-refractivity contribution in [2.24, 2.45) is 0 Å². The Hall–Kier alpha value is -2.69. The molecule has 22 heavy (non-hydrogen) atoms. The van der Waals surface area contributed by atoms with Crippen LogP contribution in [0.5, 0.6) is 11.5 Å². The van der Waals surface area contributed by atoms with Gasteiger partial charge in [0, 0.05) is 17.5 Å². The Morgan fingerprint density at radius 3 is 2.36 bits per heavy atom. The number of ether oxygens (including phenoxy) is 2. The number of rotatable bonds is 4. The van der Waals surface area contributed by atoms with Gasteiger partial charge in [-0.1, -0.05) is 0 Å². The number of carbonyl (C=O) groups excluding carboxylic acids is 2. The molecule has 3 rings (SSSR count). The van der Waals surface area contributed by atoms with Gasteiger partial charge in [0.1, 0.15) is 11.6 Å². The van der Waals surface area contributed by atoms with Crippen LogP contribution < -0.4 is 9.47 Å². The minimum Gasteiger partial charge on any atom is -0.454 e. The summed E-state index contributed by atoms with van der Waals surface area (Å²) in [5.74, 6) is 0.234. The summed E-state index contributed by atoms with van der Waals surface area (Å²) in [6.45, 7) is 1.54. The first kappa shape index (κ1) is 14.3. The molecule has 1 aliphatic heterocycles. The van der Waals surface area contributed by atoms with Gasteiger partial charge in [-0.15, -0.1) is 0 Å². The fourth-order valence-electron chi connectivity index (χ4n) is 2.37. The molecule has 0 atom stereocenters. The molecule has 0 amide bonds. The summed E-state index contributed by atoms with van der Waals surface area (Å²) in [6, 6.07) is 8.52. The summed E-state index contributed by atoms with van der Waals surface area (Å²) in [5.41, 5.74) is 1.29. The SMILES string of the molecule is CC(=O)Cc1cc2c(cc1C(=O)c1ccc(F)cc1)OCO2. The van der Waals surface area contributed by atoms with E-state index in [0.29, 0.717) is 28.2 Å². The molecule has 5 heteroatoms. The first-order valence-corrected chi connectivity index (χ1v) is 6.77. The van der Waals surface area contributed by atoms with Gasteiger partial charge < -0.3 is 9.47 Å². The lowest BCUT2D eigenvalue weighted by atomic mass is 9.95. The number of hydrogen-bond acceptors (Lipinski definition) is 4. The van der Waals surface area contributed by atoms with Gasteiger partial charge in [-0.3, -0.25) is 9.59 Å². The Bertz CT molecular complexity index is 750. The molecule has 2 aromatic rings. The molecule has 0 aromatic heterocycles. The zero-order chi connectivity index (χ0) is 15.7. The average Bonchev–Trinajstić information content (AvgIpc) is 2.93. The second kappa shape index (κ2) is 5.60. The van der Waals surface area contributed by atoms with Crippen LogP contribution in [0.3, 0.4) is 0 Å². The smallest absolute Gasteiger partial charge is 0.231 e. The number of Topliss-reactive ketones (excluding diaryl/α,β-unsaturated/α-hetero) is 1. The normalized spacial score (nSPS) is 12.3. The first-order valence-electron chi connectivity index (χ1n) is 6.77. The zero-order valence-electron chi connectivity index (χ0n) is 11.9. The van der Waals surface area contributed by atoms with Crippen LogP contribution in [0.15, 0.2) is 36.4 Å². The fraction of sp³-hybridized carbons (Fsp3) is 0.176. The average molecular weight is 300 g/mol. The monoisotopic (exact) mass is 300 g/mol. The summed E-state index contributed by atoms with van der Waals surface area (Å²) in [5, 5.41) is 0. The second-order valence-electron chi connectivity index (χ2n) is 5.08. The van der Waals surface area contributed by atoms with Crippen LogP contribution in [-0.4, -0.2) is 18.4 Å². The highest BCUT2D eigenvalue weighted by Gasteiger charge is 2.22. The van der Waals surface area contributed by atoms with Crippen LogP contribution in [-0.2, 0) is 11.2 Å². The number of fused-ring (bicyclic) bond motifs is 1. The molecule has 112 valence electrons. The number of benzene rings is 2. The fourth-order valence-corrected chi connectivity index (χ4v) is 2.37. The van der Waals surface area contributed by atoms with E-state index in [0.717, 1.165) is 0 Å². The van der Waals surface area contributed by atoms with Gasteiger partial charge in [0.25, 0.3) is 0 Å². The van der Waals surface area contributed by atoms with Crippen molar-refractivity contribution in [3.8, 4) is 11.5 Å². The molecule has 0 saturated heterocycles. The molecule has 1 heterocycles. The van der Waals surface area contributed by atoms with E-state index in [1.807, 2.05) is 0 Å². The predicted octanol–water partition coefficient (Wildman–Crippen LogP) is 2.92. The summed E-state index contributed by atoms with van der Waals surface area (Å²) in [7, 11) is 0. The van der Waals surface area contributed by atoms with Crippen molar-refractivity contribution in [2.75, 3.05) is 6.79 Å². The third-order valence-electron chi connectivity index (χ3n) is 3.39. The molecular formula is C17H13FO4.